The van der Waals surface area contributed by atoms with E-state index in [0.717, 1.165) is 0 Å². The van der Waals surface area contributed by atoms with Gasteiger partial charge in [0.15, 0.2) is 0 Å². The highest BCUT2D eigenvalue weighted by molar-refractivity contribution is 5.86. The molecule has 0 aliphatic rings. The van der Waals surface area contributed by atoms with Crippen LogP contribution < -0.4 is 0 Å². The molecule has 1 rings (SSSR count). The minimum Gasteiger partial charge on any atom is -0.478 e. The van der Waals surface area contributed by atoms with E-state index in [4.69, 9.17) is 5.11 Å². The quantitative estimate of drug-likeness (QED) is 0.566. The van der Waals surface area contributed by atoms with Crippen LogP contribution in [0.25, 0.3) is 0 Å². The zero-order chi connectivity index (χ0) is 6.69. The summed E-state index contributed by atoms with van der Waals surface area (Å²) in [6.45, 7) is 0. The number of aromatic carboxylic acids is 1. The molecular weight excluding hydrogens is 142 g/mol. The van der Waals surface area contributed by atoms with Crippen LogP contribution in [-0.4, -0.2) is 39.1 Å². The third kappa shape index (κ3) is 2.32. The van der Waals surface area contributed by atoms with Crippen LogP contribution in [0.2, 0.25) is 0 Å². The first-order chi connectivity index (χ1) is 4.30. The summed E-state index contributed by atoms with van der Waals surface area (Å²) in [4.78, 5) is 13.8. The molecule has 0 saturated carbocycles. The third-order valence-corrected chi connectivity index (χ3v) is 0.908. The van der Waals surface area contributed by atoms with Crippen molar-refractivity contribution in [3.05, 3.63) is 30.1 Å². The highest BCUT2D eigenvalue weighted by Crippen LogP contribution is 1.92. The smallest absolute Gasteiger partial charge is 0.337 e. The van der Waals surface area contributed by atoms with Crippen molar-refractivity contribution in [2.24, 2.45) is 0 Å². The normalized spacial score (nSPS) is 8.00. The summed E-state index contributed by atoms with van der Waals surface area (Å²) >= 11 is 0. The van der Waals surface area contributed by atoms with Crippen molar-refractivity contribution in [3.8, 4) is 0 Å². The van der Waals surface area contributed by atoms with Gasteiger partial charge < -0.3 is 5.11 Å². The number of pyridine rings is 1. The number of carboxylic acids is 1. The standard InChI is InChI=1S/C6H5NO2.Mg.2H/c8-6(9)5-2-1-3-7-4-5;;;/h1-4H,(H,8,9);;;. The van der Waals surface area contributed by atoms with Gasteiger partial charge in [0, 0.05) is 12.4 Å². The Morgan fingerprint density at radius 3 is 2.60 bits per heavy atom. The summed E-state index contributed by atoms with van der Waals surface area (Å²) in [5.74, 6) is -0.942. The second-order valence-corrected chi connectivity index (χ2v) is 1.55. The average Bonchev–Trinajstić information content (AvgIpc) is 1.90. The fourth-order valence-corrected chi connectivity index (χ4v) is 0.489. The van der Waals surface area contributed by atoms with Crippen molar-refractivity contribution in [2.45, 2.75) is 0 Å². The van der Waals surface area contributed by atoms with Crippen molar-refractivity contribution >= 4 is 29.0 Å². The van der Waals surface area contributed by atoms with E-state index in [1.165, 1.54) is 18.5 Å². The van der Waals surface area contributed by atoms with Crippen molar-refractivity contribution in [3.63, 3.8) is 0 Å². The molecule has 1 aromatic rings. The predicted molar refractivity (Wildman–Crippen MR) is 39.7 cm³/mol. The van der Waals surface area contributed by atoms with Gasteiger partial charge in [-0.05, 0) is 12.1 Å². The Morgan fingerprint density at radius 1 is 1.60 bits per heavy atom. The molecule has 1 aromatic heterocycles. The summed E-state index contributed by atoms with van der Waals surface area (Å²) in [5, 5.41) is 8.34. The fourth-order valence-electron chi connectivity index (χ4n) is 0.489. The molecule has 1 N–H and O–H groups in total. The lowest BCUT2D eigenvalue weighted by Gasteiger charge is -1.87. The molecule has 0 atom stereocenters. The minimum absolute atomic E-state index is 0. The van der Waals surface area contributed by atoms with E-state index >= 15 is 0 Å². The van der Waals surface area contributed by atoms with Gasteiger partial charge in [0.05, 0.1) is 5.56 Å². The second-order valence-electron chi connectivity index (χ2n) is 1.55. The summed E-state index contributed by atoms with van der Waals surface area (Å²) in [7, 11) is 0. The molecule has 0 fully saturated rings. The SMILES string of the molecule is O=C(O)c1cccnc1.[MgH2]. The number of hydrogen-bond acceptors (Lipinski definition) is 2. The average molecular weight is 149 g/mol. The summed E-state index contributed by atoms with van der Waals surface area (Å²) < 4.78 is 0. The maximum atomic E-state index is 10.2. The van der Waals surface area contributed by atoms with Gasteiger partial charge in [-0.1, -0.05) is 0 Å². The Balaban J connectivity index is 0.000000810. The van der Waals surface area contributed by atoms with E-state index in [1.807, 2.05) is 0 Å². The summed E-state index contributed by atoms with van der Waals surface area (Å²) in [6, 6.07) is 3.08. The van der Waals surface area contributed by atoms with Gasteiger partial charge in [-0.2, -0.15) is 0 Å². The van der Waals surface area contributed by atoms with E-state index in [2.05, 4.69) is 4.98 Å². The molecule has 50 valence electrons. The third-order valence-electron chi connectivity index (χ3n) is 0.908. The lowest BCUT2D eigenvalue weighted by Crippen LogP contribution is -1.94. The van der Waals surface area contributed by atoms with E-state index < -0.39 is 5.97 Å². The highest BCUT2D eigenvalue weighted by Gasteiger charge is 1.97. The molecule has 0 aliphatic carbocycles. The molecule has 4 heteroatoms. The maximum absolute atomic E-state index is 10.2. The van der Waals surface area contributed by atoms with Crippen LogP contribution in [0.5, 0.6) is 0 Å². The fraction of sp³-hybridized carbons (Fsp3) is 0. The van der Waals surface area contributed by atoms with Gasteiger partial charge in [0.1, 0.15) is 0 Å². The first kappa shape index (κ1) is 9.39. The molecule has 0 unspecified atom stereocenters. The summed E-state index contributed by atoms with van der Waals surface area (Å²) in [5.41, 5.74) is 0.220. The van der Waals surface area contributed by atoms with Crippen molar-refractivity contribution in [1.82, 2.24) is 4.98 Å². The molecule has 0 radical (unpaired) electrons. The Morgan fingerprint density at radius 2 is 2.30 bits per heavy atom. The van der Waals surface area contributed by atoms with E-state index in [0.29, 0.717) is 0 Å². The Bertz CT molecular complexity index is 212. The van der Waals surface area contributed by atoms with Crippen LogP contribution in [0.1, 0.15) is 10.4 Å². The summed E-state index contributed by atoms with van der Waals surface area (Å²) in [6.07, 6.45) is 2.84. The molecular formula is C6H7MgNO2. The van der Waals surface area contributed by atoms with Crippen molar-refractivity contribution < 1.29 is 9.90 Å². The molecule has 10 heavy (non-hydrogen) atoms. The van der Waals surface area contributed by atoms with Crippen molar-refractivity contribution in [1.29, 1.82) is 0 Å². The number of carbonyl (C=O) groups is 1. The van der Waals surface area contributed by atoms with E-state index in [-0.39, 0.29) is 28.6 Å². The van der Waals surface area contributed by atoms with Crippen LogP contribution in [0, 0.1) is 0 Å². The van der Waals surface area contributed by atoms with Gasteiger partial charge in [0.25, 0.3) is 0 Å². The topological polar surface area (TPSA) is 50.2 Å². The van der Waals surface area contributed by atoms with Gasteiger partial charge in [0.2, 0.25) is 0 Å². The van der Waals surface area contributed by atoms with Gasteiger partial charge >= 0.3 is 29.0 Å². The van der Waals surface area contributed by atoms with Crippen LogP contribution in [0.3, 0.4) is 0 Å². The van der Waals surface area contributed by atoms with E-state index in [1.54, 1.807) is 6.07 Å². The molecule has 1 heterocycles. The number of nitrogens with zero attached hydrogens (tertiary/aromatic N) is 1. The van der Waals surface area contributed by atoms with Crippen LogP contribution >= 0.6 is 0 Å². The Kier molecular flexibility index (Phi) is 3.98. The largest absolute Gasteiger partial charge is 0.478 e. The molecule has 0 saturated heterocycles. The first-order valence-corrected chi connectivity index (χ1v) is 2.44. The molecule has 0 aliphatic heterocycles. The van der Waals surface area contributed by atoms with Gasteiger partial charge in [-0.15, -0.1) is 0 Å². The van der Waals surface area contributed by atoms with Crippen LogP contribution in [-0.2, 0) is 0 Å². The number of rotatable bonds is 1. The lowest BCUT2D eigenvalue weighted by molar-refractivity contribution is 0.0696. The number of carboxylic acid groups (broad SMARTS) is 1. The molecule has 0 spiro atoms. The number of hydrogen-bond donors (Lipinski definition) is 1. The zero-order valence-electron chi connectivity index (χ0n) is 4.61. The minimum atomic E-state index is -0.942. The van der Waals surface area contributed by atoms with E-state index in [9.17, 15) is 4.79 Å². The van der Waals surface area contributed by atoms with Crippen molar-refractivity contribution in [2.75, 3.05) is 0 Å². The molecule has 0 aromatic carbocycles. The van der Waals surface area contributed by atoms with Gasteiger partial charge in [-0.25, -0.2) is 4.79 Å². The van der Waals surface area contributed by atoms with Crippen LogP contribution in [0.4, 0.5) is 0 Å². The first-order valence-electron chi connectivity index (χ1n) is 2.44. The maximum Gasteiger partial charge on any atom is 0.337 e. The zero-order valence-corrected chi connectivity index (χ0v) is 4.61. The second kappa shape index (κ2) is 4.24. The highest BCUT2D eigenvalue weighted by atomic mass is 24.3. The molecule has 0 amide bonds. The van der Waals surface area contributed by atoms with Gasteiger partial charge in [-0.3, -0.25) is 4.98 Å². The van der Waals surface area contributed by atoms with Crippen LogP contribution in [0.15, 0.2) is 24.5 Å². The Labute approximate surface area is 74.2 Å². The Hall–Kier alpha value is -0.614. The monoisotopic (exact) mass is 149 g/mol. The predicted octanol–water partition coefficient (Wildman–Crippen LogP) is -0.136. The number of aromatic nitrogens is 1. The lowest BCUT2D eigenvalue weighted by atomic mass is 10.3. The molecule has 0 bridgehead atoms. The molecule has 3 nitrogen and oxygen atoms in total.